The molecule has 11 heteroatoms. The van der Waals surface area contributed by atoms with Gasteiger partial charge in [-0.3, -0.25) is 4.90 Å². The van der Waals surface area contributed by atoms with Crippen LogP contribution in [0.3, 0.4) is 0 Å². The Labute approximate surface area is 209 Å². The minimum absolute atomic E-state index is 0.230. The largest absolute Gasteiger partial charge is 0.325 e. The van der Waals surface area contributed by atoms with Crippen LogP contribution >= 0.6 is 0 Å². The molecule has 0 spiro atoms. The van der Waals surface area contributed by atoms with Gasteiger partial charge in [-0.25, -0.2) is 28.4 Å². The van der Waals surface area contributed by atoms with Crippen molar-refractivity contribution in [3.63, 3.8) is 0 Å². The summed E-state index contributed by atoms with van der Waals surface area (Å²) in [4.78, 5) is 24.4. The van der Waals surface area contributed by atoms with E-state index in [-0.39, 0.29) is 11.5 Å². The molecule has 36 heavy (non-hydrogen) atoms. The quantitative estimate of drug-likeness (QED) is 0.388. The monoisotopic (exact) mass is 502 g/mol. The van der Waals surface area contributed by atoms with Crippen molar-refractivity contribution in [1.82, 2.24) is 29.8 Å². The highest BCUT2D eigenvalue weighted by Crippen LogP contribution is 2.20. The number of hydrogen-bond donors (Lipinski definition) is 2. The van der Waals surface area contributed by atoms with Crippen LogP contribution < -0.4 is 10.6 Å². The predicted octanol–water partition coefficient (Wildman–Crippen LogP) is 3.35. The Morgan fingerprint density at radius 3 is 2.31 bits per heavy atom. The lowest BCUT2D eigenvalue weighted by Crippen LogP contribution is -2.39. The van der Waals surface area contributed by atoms with Crippen LogP contribution in [0.4, 0.5) is 23.3 Å². The van der Waals surface area contributed by atoms with E-state index >= 15 is 0 Å². The molecule has 0 unspecified atom stereocenters. The maximum atomic E-state index is 11.6. The van der Waals surface area contributed by atoms with E-state index < -0.39 is 9.84 Å². The second-order valence-electron chi connectivity index (χ2n) is 8.57. The van der Waals surface area contributed by atoms with Crippen LogP contribution in [0.5, 0.6) is 0 Å². The number of hydrogen-bond acceptors (Lipinski definition) is 10. The van der Waals surface area contributed by atoms with E-state index in [1.54, 1.807) is 24.5 Å². The molecule has 0 radical (unpaired) electrons. The van der Waals surface area contributed by atoms with Crippen molar-refractivity contribution >= 4 is 33.1 Å². The van der Waals surface area contributed by atoms with Crippen LogP contribution in [0.15, 0.2) is 67.0 Å². The lowest BCUT2D eigenvalue weighted by molar-refractivity contribution is 0.287. The highest BCUT2D eigenvalue weighted by Gasteiger charge is 2.21. The third-order valence-corrected chi connectivity index (χ3v) is 7.35. The van der Waals surface area contributed by atoms with Gasteiger partial charge in [0.25, 0.3) is 0 Å². The summed E-state index contributed by atoms with van der Waals surface area (Å²) in [7, 11) is -2.87. The third-order valence-electron chi connectivity index (χ3n) is 5.74. The summed E-state index contributed by atoms with van der Waals surface area (Å²) in [6, 6.07) is 17.2. The second kappa shape index (κ2) is 10.3. The Morgan fingerprint density at radius 2 is 1.56 bits per heavy atom. The van der Waals surface area contributed by atoms with E-state index in [1.807, 2.05) is 49.4 Å². The molecule has 0 atom stereocenters. The van der Waals surface area contributed by atoms with Crippen LogP contribution in [0.1, 0.15) is 11.3 Å². The number of aromatic nitrogens is 5. The minimum Gasteiger partial charge on any atom is -0.325 e. The summed E-state index contributed by atoms with van der Waals surface area (Å²) < 4.78 is 23.2. The Kier molecular flexibility index (Phi) is 6.83. The maximum Gasteiger partial charge on any atom is 0.229 e. The normalized spacial score (nSPS) is 15.4. The molecule has 1 aliphatic rings. The van der Waals surface area contributed by atoms with Gasteiger partial charge in [0.1, 0.15) is 17.3 Å². The first-order valence-corrected chi connectivity index (χ1v) is 13.4. The first-order valence-electron chi connectivity index (χ1n) is 11.6. The lowest BCUT2D eigenvalue weighted by atomic mass is 10.2. The van der Waals surface area contributed by atoms with E-state index in [2.05, 4.69) is 40.5 Å². The van der Waals surface area contributed by atoms with Crippen molar-refractivity contribution in [3.05, 3.63) is 78.2 Å². The Hall–Kier alpha value is -3.96. The topological polar surface area (TPSA) is 126 Å². The highest BCUT2D eigenvalue weighted by atomic mass is 32.2. The summed E-state index contributed by atoms with van der Waals surface area (Å²) in [5, 5.41) is 6.41. The van der Waals surface area contributed by atoms with Gasteiger partial charge in [-0.1, -0.05) is 18.2 Å². The zero-order valence-corrected chi connectivity index (χ0v) is 20.6. The van der Waals surface area contributed by atoms with Crippen LogP contribution in [-0.2, 0) is 16.4 Å². The number of nitrogens with one attached hydrogen (secondary N) is 2. The third kappa shape index (κ3) is 6.18. The van der Waals surface area contributed by atoms with Crippen molar-refractivity contribution in [3.8, 4) is 11.5 Å². The molecule has 10 nitrogen and oxygen atoms in total. The van der Waals surface area contributed by atoms with E-state index in [9.17, 15) is 8.42 Å². The summed E-state index contributed by atoms with van der Waals surface area (Å²) in [5.74, 6) is 2.63. The van der Waals surface area contributed by atoms with Crippen molar-refractivity contribution in [1.29, 1.82) is 0 Å². The Balaban J connectivity index is 1.22. The van der Waals surface area contributed by atoms with Gasteiger partial charge in [0, 0.05) is 43.4 Å². The fourth-order valence-electron chi connectivity index (χ4n) is 3.83. The predicted molar refractivity (Wildman–Crippen MR) is 139 cm³/mol. The Bertz CT molecular complexity index is 1450. The highest BCUT2D eigenvalue weighted by molar-refractivity contribution is 7.91. The van der Waals surface area contributed by atoms with Crippen LogP contribution in [-0.4, -0.2) is 62.8 Å². The Morgan fingerprint density at radius 1 is 0.833 bits per heavy atom. The fraction of sp³-hybridized carbons (Fsp3) is 0.240. The molecule has 4 heterocycles. The summed E-state index contributed by atoms with van der Waals surface area (Å²) in [5.41, 5.74) is 3.58. The molecular weight excluding hydrogens is 476 g/mol. The molecule has 2 N–H and O–H groups in total. The number of aryl methyl sites for hydroxylation is 1. The summed E-state index contributed by atoms with van der Waals surface area (Å²) in [6.45, 7) is 3.80. The number of nitrogens with zero attached hydrogens (tertiary/aromatic N) is 6. The maximum absolute atomic E-state index is 11.6. The van der Waals surface area contributed by atoms with Gasteiger partial charge in [-0.2, -0.15) is 4.98 Å². The van der Waals surface area contributed by atoms with Gasteiger partial charge in [-0.05, 0) is 48.9 Å². The summed E-state index contributed by atoms with van der Waals surface area (Å²) >= 11 is 0. The van der Waals surface area contributed by atoms with Gasteiger partial charge in [0.15, 0.2) is 15.7 Å². The summed E-state index contributed by atoms with van der Waals surface area (Å²) in [6.07, 6.45) is 3.35. The van der Waals surface area contributed by atoms with E-state index in [0.29, 0.717) is 42.2 Å². The van der Waals surface area contributed by atoms with Crippen LogP contribution in [0.25, 0.3) is 11.5 Å². The standard InChI is InChI=1S/C25H26N8O2S/c1-18-3-2-4-21(28-18)24-26-11-9-22(31-24)30-23-10-12-27-25(32-23)29-20-7-5-19(6-8-20)17-33-13-15-36(34,35)16-14-33/h2-12H,13-17H2,1H3,(H2,26,27,29,30,31,32). The van der Waals surface area contributed by atoms with Crippen molar-refractivity contribution in [2.45, 2.75) is 13.5 Å². The second-order valence-corrected chi connectivity index (χ2v) is 10.9. The lowest BCUT2D eigenvalue weighted by Gasteiger charge is -2.26. The van der Waals surface area contributed by atoms with Crippen molar-refractivity contribution < 1.29 is 8.42 Å². The molecule has 1 aliphatic heterocycles. The van der Waals surface area contributed by atoms with Gasteiger partial charge in [0.05, 0.1) is 11.5 Å². The van der Waals surface area contributed by atoms with Gasteiger partial charge < -0.3 is 10.6 Å². The molecule has 0 amide bonds. The molecule has 184 valence electrons. The van der Waals surface area contributed by atoms with E-state index in [1.165, 1.54) is 0 Å². The number of sulfone groups is 1. The minimum atomic E-state index is -2.87. The SMILES string of the molecule is Cc1cccc(-c2nccc(Nc3ccnc(Nc4ccc(CN5CCS(=O)(=O)CC5)cc4)n3)n2)n1. The van der Waals surface area contributed by atoms with Crippen molar-refractivity contribution in [2.75, 3.05) is 35.2 Å². The number of pyridine rings is 1. The van der Waals surface area contributed by atoms with Crippen molar-refractivity contribution in [2.24, 2.45) is 0 Å². The molecule has 0 aliphatic carbocycles. The molecule has 0 saturated carbocycles. The average molecular weight is 503 g/mol. The number of benzene rings is 1. The molecule has 3 aromatic heterocycles. The van der Waals surface area contributed by atoms with Gasteiger partial charge in [0.2, 0.25) is 5.95 Å². The van der Waals surface area contributed by atoms with E-state index in [4.69, 9.17) is 0 Å². The first kappa shape index (κ1) is 23.8. The molecule has 0 bridgehead atoms. The molecule has 5 rings (SSSR count). The zero-order chi connectivity index (χ0) is 25.0. The van der Waals surface area contributed by atoms with Crippen LogP contribution in [0, 0.1) is 6.92 Å². The molecule has 1 fully saturated rings. The number of anilines is 4. The molecule has 1 saturated heterocycles. The zero-order valence-electron chi connectivity index (χ0n) is 19.8. The fourth-order valence-corrected chi connectivity index (χ4v) is 5.11. The van der Waals surface area contributed by atoms with Crippen LogP contribution in [0.2, 0.25) is 0 Å². The van der Waals surface area contributed by atoms with Gasteiger partial charge >= 0.3 is 0 Å². The number of rotatable bonds is 7. The average Bonchev–Trinajstić information content (AvgIpc) is 2.87. The smallest absolute Gasteiger partial charge is 0.229 e. The van der Waals surface area contributed by atoms with Gasteiger partial charge in [-0.15, -0.1) is 0 Å². The first-order chi connectivity index (χ1) is 17.4. The molecule has 1 aromatic carbocycles. The molecular formula is C25H26N8O2S. The van der Waals surface area contributed by atoms with E-state index in [0.717, 1.165) is 23.5 Å². The molecule has 4 aromatic rings.